The van der Waals surface area contributed by atoms with Crippen molar-refractivity contribution in [1.29, 1.82) is 21.6 Å². The lowest BCUT2D eigenvalue weighted by atomic mass is 10.0. The fourth-order valence-corrected chi connectivity index (χ4v) is 3.86. The van der Waals surface area contributed by atoms with Gasteiger partial charge in [0.15, 0.2) is 10.3 Å². The number of hydrogen-bond donors (Lipinski definition) is 6. The van der Waals surface area contributed by atoms with Crippen LogP contribution < -0.4 is 10.6 Å². The summed E-state index contributed by atoms with van der Waals surface area (Å²) >= 11 is 1.88. The molecule has 0 aliphatic heterocycles. The molecule has 1 saturated carbocycles. The summed E-state index contributed by atoms with van der Waals surface area (Å²) in [6, 6.07) is 0. The first-order chi connectivity index (χ1) is 10.8. The number of hydrogen-bond acceptors (Lipinski definition) is 8. The second kappa shape index (κ2) is 9.46. The van der Waals surface area contributed by atoms with Gasteiger partial charge in [-0.3, -0.25) is 31.2 Å². The Bertz CT molecular complexity index is 537. The molecular weight excluding hydrogens is 336 g/mol. The molecule has 6 N–H and O–H groups in total. The molecule has 126 valence electrons. The lowest BCUT2D eigenvalue weighted by Gasteiger charge is -2.13. The summed E-state index contributed by atoms with van der Waals surface area (Å²) in [5, 5.41) is 36.0. The van der Waals surface area contributed by atoms with E-state index in [0.717, 1.165) is 42.8 Å². The summed E-state index contributed by atoms with van der Waals surface area (Å²) in [5.41, 5.74) is 0. The first kappa shape index (κ1) is 19.4. The SMILES string of the molecule is CC(=O)NC(=N)SC(=N)C[C@H]1CCC(C(=N)SC(=N)NC=O)C1. The molecule has 0 saturated heterocycles. The minimum absolute atomic E-state index is 0.0475. The first-order valence-corrected chi connectivity index (χ1v) is 8.61. The third-order valence-electron chi connectivity index (χ3n) is 3.30. The zero-order valence-electron chi connectivity index (χ0n) is 12.7. The highest BCUT2D eigenvalue weighted by molar-refractivity contribution is 8.26. The van der Waals surface area contributed by atoms with E-state index in [4.69, 9.17) is 21.6 Å². The molecule has 2 amide bonds. The Morgan fingerprint density at radius 3 is 2.48 bits per heavy atom. The maximum absolute atomic E-state index is 10.8. The van der Waals surface area contributed by atoms with Crippen LogP contribution in [0.2, 0.25) is 0 Å². The molecule has 2 atom stereocenters. The van der Waals surface area contributed by atoms with Gasteiger partial charge in [0.25, 0.3) is 0 Å². The van der Waals surface area contributed by atoms with E-state index in [9.17, 15) is 9.59 Å². The van der Waals surface area contributed by atoms with Crippen molar-refractivity contribution in [3.05, 3.63) is 0 Å². The van der Waals surface area contributed by atoms with Gasteiger partial charge < -0.3 is 10.6 Å². The van der Waals surface area contributed by atoms with Crippen molar-refractivity contribution in [1.82, 2.24) is 10.6 Å². The molecule has 1 aliphatic rings. The summed E-state index contributed by atoms with van der Waals surface area (Å²) < 4.78 is 0. The monoisotopic (exact) mass is 356 g/mol. The molecular formula is C13H20N6O2S2. The molecule has 0 radical (unpaired) electrons. The van der Waals surface area contributed by atoms with Crippen molar-refractivity contribution in [3.63, 3.8) is 0 Å². The Morgan fingerprint density at radius 2 is 1.87 bits per heavy atom. The summed E-state index contributed by atoms with van der Waals surface area (Å²) in [5.74, 6) is -0.0150. The third kappa shape index (κ3) is 7.42. The molecule has 0 spiro atoms. The predicted molar refractivity (Wildman–Crippen MR) is 94.6 cm³/mol. The van der Waals surface area contributed by atoms with Crippen LogP contribution in [0.5, 0.6) is 0 Å². The number of thioether (sulfide) groups is 2. The number of nitrogens with one attached hydrogen (secondary N) is 6. The van der Waals surface area contributed by atoms with Gasteiger partial charge >= 0.3 is 0 Å². The summed E-state index contributed by atoms with van der Waals surface area (Å²) in [7, 11) is 0. The highest BCUT2D eigenvalue weighted by Gasteiger charge is 2.29. The van der Waals surface area contributed by atoms with E-state index >= 15 is 0 Å². The first-order valence-electron chi connectivity index (χ1n) is 6.98. The average Bonchev–Trinajstić information content (AvgIpc) is 2.85. The second-order valence-electron chi connectivity index (χ2n) is 5.17. The molecule has 1 fully saturated rings. The van der Waals surface area contributed by atoms with Crippen LogP contribution in [0, 0.1) is 33.5 Å². The van der Waals surface area contributed by atoms with Crippen molar-refractivity contribution in [3.8, 4) is 0 Å². The number of amides is 2. The lowest BCUT2D eigenvalue weighted by Crippen LogP contribution is -2.25. The summed E-state index contributed by atoms with van der Waals surface area (Å²) in [6.45, 7) is 1.32. The second-order valence-corrected chi connectivity index (χ2v) is 7.33. The van der Waals surface area contributed by atoms with Crippen LogP contribution in [0.15, 0.2) is 0 Å². The Balaban J connectivity index is 2.36. The van der Waals surface area contributed by atoms with Crippen molar-refractivity contribution >= 4 is 56.3 Å². The maximum atomic E-state index is 10.8. The normalized spacial score (nSPS) is 19.7. The number of rotatable bonds is 4. The Hall–Kier alpha value is -1.68. The Kier molecular flexibility index (Phi) is 7.96. The van der Waals surface area contributed by atoms with Crippen LogP contribution in [0.4, 0.5) is 0 Å². The van der Waals surface area contributed by atoms with Gasteiger partial charge in [-0.05, 0) is 55.1 Å². The van der Waals surface area contributed by atoms with Gasteiger partial charge in [-0.2, -0.15) is 0 Å². The van der Waals surface area contributed by atoms with Crippen molar-refractivity contribution in [2.24, 2.45) is 11.8 Å². The smallest absolute Gasteiger partial charge is 0.222 e. The molecule has 8 nitrogen and oxygen atoms in total. The fraction of sp³-hybridized carbons (Fsp3) is 0.538. The van der Waals surface area contributed by atoms with Crippen molar-refractivity contribution in [2.75, 3.05) is 0 Å². The van der Waals surface area contributed by atoms with Gasteiger partial charge in [0, 0.05) is 12.8 Å². The highest BCUT2D eigenvalue weighted by Crippen LogP contribution is 2.37. The Morgan fingerprint density at radius 1 is 1.17 bits per heavy atom. The molecule has 1 unspecified atom stereocenters. The van der Waals surface area contributed by atoms with E-state index in [2.05, 4.69) is 10.6 Å². The van der Waals surface area contributed by atoms with E-state index < -0.39 is 0 Å². The fourth-order valence-electron chi connectivity index (χ4n) is 2.39. The minimum atomic E-state index is -0.326. The predicted octanol–water partition coefficient (Wildman–Crippen LogP) is 1.97. The number of amidine groups is 2. The number of carbonyl (C=O) groups is 2. The topological polar surface area (TPSA) is 154 Å². The van der Waals surface area contributed by atoms with Crippen LogP contribution >= 0.6 is 23.5 Å². The summed E-state index contributed by atoms with van der Waals surface area (Å²) in [4.78, 5) is 21.1. The molecule has 1 rings (SSSR count). The van der Waals surface area contributed by atoms with Gasteiger partial charge in [-0.25, -0.2) is 0 Å². The highest BCUT2D eigenvalue weighted by atomic mass is 32.2. The van der Waals surface area contributed by atoms with Crippen LogP contribution in [-0.2, 0) is 9.59 Å². The largest absolute Gasteiger partial charge is 0.308 e. The molecule has 0 aromatic rings. The standard InChI is InChI=1S/C13H20N6O2S2/c1-7(21)19-13(17)22-10(14)5-8-2-3-9(4-8)11(15)23-12(16)18-6-20/h6,8-9,14-15H,2-5H2,1H3,(H2,16,18,20)(H2,17,19,21)/t8-,9?/m0/s1. The molecule has 23 heavy (non-hydrogen) atoms. The van der Waals surface area contributed by atoms with Crippen molar-refractivity contribution in [2.45, 2.75) is 32.6 Å². The molecule has 0 aromatic heterocycles. The molecule has 0 aromatic carbocycles. The zero-order valence-corrected chi connectivity index (χ0v) is 14.3. The molecule has 10 heteroatoms. The quantitative estimate of drug-likeness (QED) is 0.259. The maximum Gasteiger partial charge on any atom is 0.222 e. The molecule has 0 bridgehead atoms. The molecule has 0 heterocycles. The van der Waals surface area contributed by atoms with E-state index in [1.54, 1.807) is 0 Å². The average molecular weight is 356 g/mol. The van der Waals surface area contributed by atoms with Gasteiger partial charge in [0.2, 0.25) is 12.3 Å². The van der Waals surface area contributed by atoms with Gasteiger partial charge in [-0.15, -0.1) is 0 Å². The van der Waals surface area contributed by atoms with E-state index in [1.165, 1.54) is 6.92 Å². The van der Waals surface area contributed by atoms with Crippen LogP contribution in [0.25, 0.3) is 0 Å². The summed E-state index contributed by atoms with van der Waals surface area (Å²) in [6.07, 6.45) is 3.41. The van der Waals surface area contributed by atoms with E-state index in [1.807, 2.05) is 0 Å². The van der Waals surface area contributed by atoms with E-state index in [0.29, 0.717) is 22.9 Å². The Labute approximate surface area is 143 Å². The van der Waals surface area contributed by atoms with Crippen molar-refractivity contribution < 1.29 is 9.59 Å². The van der Waals surface area contributed by atoms with Crippen LogP contribution in [0.3, 0.4) is 0 Å². The number of carbonyl (C=O) groups excluding carboxylic acids is 2. The minimum Gasteiger partial charge on any atom is -0.308 e. The van der Waals surface area contributed by atoms with E-state index in [-0.39, 0.29) is 28.1 Å². The van der Waals surface area contributed by atoms with Gasteiger partial charge in [0.05, 0.1) is 10.1 Å². The van der Waals surface area contributed by atoms with Crippen LogP contribution in [0.1, 0.15) is 32.6 Å². The molecule has 1 aliphatic carbocycles. The third-order valence-corrected chi connectivity index (χ3v) is 4.90. The zero-order chi connectivity index (χ0) is 17.4. The van der Waals surface area contributed by atoms with Crippen LogP contribution in [-0.4, -0.2) is 32.7 Å². The van der Waals surface area contributed by atoms with Gasteiger partial charge in [0.1, 0.15) is 0 Å². The van der Waals surface area contributed by atoms with Gasteiger partial charge in [-0.1, -0.05) is 0 Å². The lowest BCUT2D eigenvalue weighted by molar-refractivity contribution is -0.117.